The van der Waals surface area contributed by atoms with Crippen molar-refractivity contribution < 1.29 is 18.3 Å². The Bertz CT molecular complexity index is 977. The minimum Gasteiger partial charge on any atom is -0.431 e. The minimum atomic E-state index is -2.94. The van der Waals surface area contributed by atoms with Crippen molar-refractivity contribution in [1.29, 1.82) is 0 Å². The Morgan fingerprint density at radius 2 is 1.91 bits per heavy atom. The highest BCUT2D eigenvalue weighted by molar-refractivity contribution is 5.65. The molecule has 4 atom stereocenters. The van der Waals surface area contributed by atoms with Gasteiger partial charge in [0.15, 0.2) is 11.6 Å². The number of nitrogen functional groups attached to an aromatic ring is 1. The number of nitrogens with zero attached hydrogens (tertiary/aromatic N) is 4. The first kappa shape index (κ1) is 20.4. The number of hydrogen-bond donors (Lipinski definition) is 1. The van der Waals surface area contributed by atoms with Gasteiger partial charge in [-0.25, -0.2) is 4.98 Å². The molecule has 32 heavy (non-hydrogen) atoms. The number of anilines is 1. The summed E-state index contributed by atoms with van der Waals surface area (Å²) in [5, 5.41) is 5.00. The maximum absolute atomic E-state index is 12.8. The van der Waals surface area contributed by atoms with Crippen LogP contribution in [0.4, 0.5) is 14.6 Å². The topological polar surface area (TPSA) is 78.4 Å². The third-order valence-electron chi connectivity index (χ3n) is 7.64. The van der Waals surface area contributed by atoms with Gasteiger partial charge in [0.05, 0.1) is 24.6 Å². The van der Waals surface area contributed by atoms with Crippen LogP contribution < -0.4 is 10.5 Å². The number of hydrogen-bond acceptors (Lipinski definition) is 6. The van der Waals surface area contributed by atoms with E-state index in [-0.39, 0.29) is 11.6 Å². The second-order valence-corrected chi connectivity index (χ2v) is 9.69. The van der Waals surface area contributed by atoms with E-state index < -0.39 is 6.61 Å². The molecule has 2 aromatic rings. The Balaban J connectivity index is 1.23. The lowest BCUT2D eigenvalue weighted by molar-refractivity contribution is -0.0494. The molecule has 0 radical (unpaired) electrons. The van der Waals surface area contributed by atoms with Crippen LogP contribution in [0, 0.1) is 17.8 Å². The van der Waals surface area contributed by atoms with Gasteiger partial charge in [0.25, 0.3) is 0 Å². The van der Waals surface area contributed by atoms with Gasteiger partial charge < -0.3 is 15.2 Å². The molecule has 4 aliphatic rings. The van der Waals surface area contributed by atoms with Gasteiger partial charge in [0.2, 0.25) is 0 Å². The van der Waals surface area contributed by atoms with Gasteiger partial charge in [-0.05, 0) is 55.6 Å². The fourth-order valence-electron chi connectivity index (χ4n) is 5.79. The number of fused-ring (bicyclic) bond motifs is 1. The molecule has 172 valence electrons. The van der Waals surface area contributed by atoms with Crippen molar-refractivity contribution in [3.63, 3.8) is 0 Å². The van der Waals surface area contributed by atoms with Crippen molar-refractivity contribution in [3.8, 4) is 17.0 Å². The van der Waals surface area contributed by atoms with Gasteiger partial charge >= 0.3 is 6.61 Å². The van der Waals surface area contributed by atoms with Gasteiger partial charge in [-0.3, -0.25) is 9.58 Å². The van der Waals surface area contributed by atoms with Gasteiger partial charge in [-0.15, -0.1) is 0 Å². The summed E-state index contributed by atoms with van der Waals surface area (Å²) < 4.78 is 37.7. The van der Waals surface area contributed by atoms with E-state index in [0.29, 0.717) is 35.3 Å². The molecule has 9 heteroatoms. The molecule has 0 bridgehead atoms. The molecule has 4 fully saturated rings. The summed E-state index contributed by atoms with van der Waals surface area (Å²) in [6.07, 6.45) is 6.51. The van der Waals surface area contributed by atoms with E-state index in [1.54, 1.807) is 12.3 Å². The fraction of sp³-hybridized carbons (Fsp3) is 0.652. The average molecular weight is 446 g/mol. The minimum absolute atomic E-state index is 0.0339. The lowest BCUT2D eigenvalue weighted by atomic mass is 10.0. The summed E-state index contributed by atoms with van der Waals surface area (Å²) in [7, 11) is 0. The van der Waals surface area contributed by atoms with Crippen molar-refractivity contribution in [3.05, 3.63) is 24.0 Å². The summed E-state index contributed by atoms with van der Waals surface area (Å²) in [6.45, 7) is 1.69. The number of rotatable bonds is 7. The standard InChI is InChI=1S/C23H29F2N5O2/c24-23(25)32-20-7-14(11-27-22(20)26)19-10-18(28-30(19)12-13-1-2-13)21-16-8-15(9-17(16)21)29-3-5-31-6-4-29/h7,10-11,13,15-17,21,23H,1-6,8-9,12H2,(H2,26,27)/t15-,16+,17-,21-. The van der Waals surface area contributed by atoms with Crippen LogP contribution in [-0.4, -0.2) is 58.6 Å². The first-order valence-corrected chi connectivity index (χ1v) is 11.7. The fourth-order valence-corrected chi connectivity index (χ4v) is 5.79. The zero-order chi connectivity index (χ0) is 21.8. The van der Waals surface area contributed by atoms with E-state index in [4.69, 9.17) is 15.6 Å². The number of alkyl halides is 2. The van der Waals surface area contributed by atoms with Crippen LogP contribution in [0.2, 0.25) is 0 Å². The first-order valence-electron chi connectivity index (χ1n) is 11.7. The molecule has 0 amide bonds. The molecule has 1 aliphatic heterocycles. The van der Waals surface area contributed by atoms with Crippen LogP contribution in [0.25, 0.3) is 11.3 Å². The van der Waals surface area contributed by atoms with E-state index in [2.05, 4.69) is 20.7 Å². The van der Waals surface area contributed by atoms with E-state index in [1.165, 1.54) is 25.7 Å². The van der Waals surface area contributed by atoms with Gasteiger partial charge in [-0.1, -0.05) is 0 Å². The molecule has 6 rings (SSSR count). The molecule has 2 aromatic heterocycles. The second-order valence-electron chi connectivity index (χ2n) is 9.69. The van der Waals surface area contributed by atoms with E-state index >= 15 is 0 Å². The van der Waals surface area contributed by atoms with Gasteiger partial charge in [0, 0.05) is 43.4 Å². The number of aromatic nitrogens is 3. The molecular weight excluding hydrogens is 416 g/mol. The summed E-state index contributed by atoms with van der Waals surface area (Å²) >= 11 is 0. The Labute approximate surface area is 185 Å². The zero-order valence-corrected chi connectivity index (χ0v) is 18.0. The molecule has 2 N–H and O–H groups in total. The SMILES string of the molecule is Nc1ncc(-c2cc([C@H]3[C@@H]4C[C@H](N5CCOCC5)C[C@@H]43)nn2CC2CC2)cc1OC(F)F. The van der Waals surface area contributed by atoms with Crippen LogP contribution >= 0.6 is 0 Å². The molecule has 0 unspecified atom stereocenters. The number of nitrogens with two attached hydrogens (primary N) is 1. The Morgan fingerprint density at radius 1 is 1.16 bits per heavy atom. The predicted molar refractivity (Wildman–Crippen MR) is 114 cm³/mol. The quantitative estimate of drug-likeness (QED) is 0.704. The maximum Gasteiger partial charge on any atom is 0.387 e. The van der Waals surface area contributed by atoms with Crippen molar-refractivity contribution in [1.82, 2.24) is 19.7 Å². The van der Waals surface area contributed by atoms with Crippen molar-refractivity contribution >= 4 is 5.82 Å². The maximum atomic E-state index is 12.8. The highest BCUT2D eigenvalue weighted by Gasteiger charge is 2.58. The summed E-state index contributed by atoms with van der Waals surface area (Å²) in [5.74, 6) is 2.42. The summed E-state index contributed by atoms with van der Waals surface area (Å²) in [4.78, 5) is 6.69. The molecule has 0 aromatic carbocycles. The Morgan fingerprint density at radius 3 is 2.59 bits per heavy atom. The smallest absolute Gasteiger partial charge is 0.387 e. The van der Waals surface area contributed by atoms with Gasteiger partial charge in [-0.2, -0.15) is 13.9 Å². The Kier molecular flexibility index (Phi) is 5.06. The van der Waals surface area contributed by atoms with Crippen LogP contribution in [0.3, 0.4) is 0 Å². The monoisotopic (exact) mass is 445 g/mol. The van der Waals surface area contributed by atoms with Gasteiger partial charge in [0.1, 0.15) is 0 Å². The second kappa shape index (κ2) is 7.95. The number of pyridine rings is 1. The van der Waals surface area contributed by atoms with Crippen LogP contribution in [0.15, 0.2) is 18.3 Å². The normalized spacial score (nSPS) is 30.0. The molecule has 3 heterocycles. The van der Waals surface area contributed by atoms with Crippen LogP contribution in [-0.2, 0) is 11.3 Å². The van der Waals surface area contributed by atoms with E-state index in [1.807, 2.05) is 4.68 Å². The summed E-state index contributed by atoms with van der Waals surface area (Å²) in [6, 6.07) is 4.36. The molecule has 3 aliphatic carbocycles. The summed E-state index contributed by atoms with van der Waals surface area (Å²) in [5.41, 5.74) is 8.49. The van der Waals surface area contributed by atoms with E-state index in [0.717, 1.165) is 44.2 Å². The number of morpholine rings is 1. The number of ether oxygens (including phenoxy) is 2. The van der Waals surface area contributed by atoms with Crippen molar-refractivity contribution in [2.45, 2.75) is 50.8 Å². The van der Waals surface area contributed by atoms with Crippen LogP contribution in [0.1, 0.15) is 37.3 Å². The lowest BCUT2D eigenvalue weighted by Gasteiger charge is -2.33. The number of halogens is 2. The van der Waals surface area contributed by atoms with Crippen molar-refractivity contribution in [2.24, 2.45) is 17.8 Å². The first-order chi connectivity index (χ1) is 15.6. The third-order valence-corrected chi connectivity index (χ3v) is 7.64. The third kappa shape index (κ3) is 3.85. The predicted octanol–water partition coefficient (Wildman–Crippen LogP) is 3.36. The molecular formula is C23H29F2N5O2. The van der Waals surface area contributed by atoms with Crippen molar-refractivity contribution in [2.75, 3.05) is 32.0 Å². The zero-order valence-electron chi connectivity index (χ0n) is 18.0. The largest absolute Gasteiger partial charge is 0.431 e. The van der Waals surface area contributed by atoms with Crippen LogP contribution in [0.5, 0.6) is 5.75 Å². The molecule has 0 spiro atoms. The Hall–Kier alpha value is -2.26. The van der Waals surface area contributed by atoms with E-state index in [9.17, 15) is 8.78 Å². The lowest BCUT2D eigenvalue weighted by Crippen LogP contribution is -2.43. The average Bonchev–Trinajstić information content (AvgIpc) is 3.63. The highest BCUT2D eigenvalue weighted by atomic mass is 19.3. The molecule has 7 nitrogen and oxygen atoms in total. The highest BCUT2D eigenvalue weighted by Crippen LogP contribution is 2.63. The molecule has 3 saturated carbocycles. The molecule has 1 saturated heterocycles.